The Balaban J connectivity index is 1.83. The smallest absolute Gasteiger partial charge is 0.192 e. The third-order valence-corrected chi connectivity index (χ3v) is 11.6. The van der Waals surface area contributed by atoms with Gasteiger partial charge >= 0.3 is 0 Å². The first-order valence-electron chi connectivity index (χ1n) is 10.9. The Labute approximate surface area is 172 Å². The molecule has 0 saturated heterocycles. The zero-order valence-electron chi connectivity index (χ0n) is 18.3. The molecule has 0 aliphatic heterocycles. The molecule has 154 valence electrons. The van der Waals surface area contributed by atoms with E-state index in [0.717, 1.165) is 17.9 Å². The van der Waals surface area contributed by atoms with Crippen LogP contribution in [0.5, 0.6) is 0 Å². The van der Waals surface area contributed by atoms with Crippen molar-refractivity contribution in [1.29, 1.82) is 0 Å². The Kier molecular flexibility index (Phi) is 6.38. The maximum absolute atomic E-state index is 11.6. The predicted octanol–water partition coefficient (Wildman–Crippen LogP) is 6.60. The van der Waals surface area contributed by atoms with Gasteiger partial charge in [0.1, 0.15) is 5.60 Å². The summed E-state index contributed by atoms with van der Waals surface area (Å²) in [7, 11) is -1.95. The van der Waals surface area contributed by atoms with Crippen LogP contribution in [0.3, 0.4) is 0 Å². The number of hydrogen-bond donors (Lipinski definition) is 1. The predicted molar refractivity (Wildman–Crippen MR) is 121 cm³/mol. The highest BCUT2D eigenvalue weighted by atomic mass is 28.4. The topological polar surface area (TPSA) is 29.5 Å². The van der Waals surface area contributed by atoms with Crippen molar-refractivity contribution in [3.05, 3.63) is 60.2 Å². The minimum Gasteiger partial charge on any atom is -0.410 e. The summed E-state index contributed by atoms with van der Waals surface area (Å²) in [5, 5.41) is 11.8. The standard InChI is InChI=1S/C25H38O2Si/c1-24(2,3)28(4,5)27-22-17-19-25(26,18-11-14-20-12-9-10-13-20)23(22)21-15-7-6-8-16-21/h6-8,11,15-20,22-23,26H,9-10,12-14H2,1-5H3/b18-11+/t22-,23+,25+/m1/s1. The van der Waals surface area contributed by atoms with E-state index in [9.17, 15) is 5.11 Å². The summed E-state index contributed by atoms with van der Waals surface area (Å²) >= 11 is 0. The highest BCUT2D eigenvalue weighted by molar-refractivity contribution is 6.74. The van der Waals surface area contributed by atoms with Crippen molar-refractivity contribution in [2.75, 3.05) is 0 Å². The van der Waals surface area contributed by atoms with E-state index in [1.807, 2.05) is 18.2 Å². The number of rotatable bonds is 6. The van der Waals surface area contributed by atoms with E-state index in [1.54, 1.807) is 0 Å². The van der Waals surface area contributed by atoms with Gasteiger partial charge in [-0.2, -0.15) is 0 Å². The van der Waals surface area contributed by atoms with Crippen LogP contribution in [0.2, 0.25) is 18.1 Å². The minimum absolute atomic E-state index is 0.0931. The maximum atomic E-state index is 11.6. The monoisotopic (exact) mass is 398 g/mol. The molecule has 1 saturated carbocycles. The lowest BCUT2D eigenvalue weighted by Gasteiger charge is -2.41. The molecule has 0 radical (unpaired) electrons. The molecule has 0 aromatic heterocycles. The third-order valence-electron chi connectivity index (χ3n) is 7.10. The average molecular weight is 399 g/mol. The summed E-state index contributed by atoms with van der Waals surface area (Å²) in [5.74, 6) is 0.697. The van der Waals surface area contributed by atoms with Gasteiger partial charge in [0.05, 0.1) is 6.10 Å². The molecule has 2 aliphatic carbocycles. The summed E-state index contributed by atoms with van der Waals surface area (Å²) in [6.45, 7) is 11.4. The molecule has 0 unspecified atom stereocenters. The zero-order chi connectivity index (χ0) is 20.4. The minimum atomic E-state index is -1.95. The van der Waals surface area contributed by atoms with E-state index in [2.05, 4.69) is 70.3 Å². The van der Waals surface area contributed by atoms with Gasteiger partial charge < -0.3 is 9.53 Å². The fraction of sp³-hybridized carbons (Fsp3) is 0.600. The van der Waals surface area contributed by atoms with Crippen molar-refractivity contribution in [3.63, 3.8) is 0 Å². The molecule has 0 amide bonds. The van der Waals surface area contributed by atoms with Gasteiger partial charge in [0.2, 0.25) is 0 Å². The summed E-state index contributed by atoms with van der Waals surface area (Å²) in [4.78, 5) is 0. The van der Waals surface area contributed by atoms with Crippen LogP contribution in [0.25, 0.3) is 0 Å². The first-order chi connectivity index (χ1) is 13.1. The molecule has 2 aliphatic rings. The Morgan fingerprint density at radius 1 is 1.14 bits per heavy atom. The highest BCUT2D eigenvalue weighted by Gasteiger charge is 2.47. The molecule has 3 rings (SSSR count). The molecule has 3 heteroatoms. The molecule has 1 N–H and O–H groups in total. The van der Waals surface area contributed by atoms with Crippen molar-refractivity contribution in [3.8, 4) is 0 Å². The van der Waals surface area contributed by atoms with E-state index < -0.39 is 13.9 Å². The van der Waals surface area contributed by atoms with Crippen LogP contribution >= 0.6 is 0 Å². The van der Waals surface area contributed by atoms with E-state index in [1.165, 1.54) is 25.7 Å². The zero-order valence-corrected chi connectivity index (χ0v) is 19.3. The van der Waals surface area contributed by atoms with Crippen LogP contribution in [0.15, 0.2) is 54.6 Å². The Hall–Kier alpha value is -1.16. The van der Waals surface area contributed by atoms with Crippen LogP contribution in [0, 0.1) is 5.92 Å². The fourth-order valence-electron chi connectivity index (χ4n) is 4.32. The second-order valence-corrected chi connectivity index (χ2v) is 15.0. The molecule has 1 fully saturated rings. The molecule has 0 heterocycles. The Bertz CT molecular complexity index is 695. The Morgan fingerprint density at radius 3 is 2.39 bits per heavy atom. The van der Waals surface area contributed by atoms with Gasteiger partial charge in [-0.05, 0) is 42.1 Å². The molecular weight excluding hydrogens is 360 g/mol. The van der Waals surface area contributed by atoms with Gasteiger partial charge in [-0.25, -0.2) is 0 Å². The van der Waals surface area contributed by atoms with Gasteiger partial charge in [-0.1, -0.05) is 95.0 Å². The first-order valence-corrected chi connectivity index (χ1v) is 13.9. The van der Waals surface area contributed by atoms with Crippen molar-refractivity contribution >= 4 is 8.32 Å². The van der Waals surface area contributed by atoms with Crippen molar-refractivity contribution in [2.24, 2.45) is 5.92 Å². The Morgan fingerprint density at radius 2 is 1.79 bits per heavy atom. The van der Waals surface area contributed by atoms with Crippen molar-refractivity contribution < 1.29 is 9.53 Å². The van der Waals surface area contributed by atoms with E-state index in [0.29, 0.717) is 0 Å². The molecule has 3 atom stereocenters. The molecule has 0 spiro atoms. The van der Waals surface area contributed by atoms with Crippen LogP contribution in [-0.4, -0.2) is 25.1 Å². The SMILES string of the molecule is CC(C)(C)[Si](C)(C)O[C@@H]1C=C[C@@](O)(/C=C/CC2CCCC2)[C@H]1c1ccccc1. The van der Waals surface area contributed by atoms with E-state index >= 15 is 0 Å². The molecule has 1 aromatic carbocycles. The van der Waals surface area contributed by atoms with Gasteiger partial charge in [0.25, 0.3) is 0 Å². The van der Waals surface area contributed by atoms with Gasteiger partial charge in [0, 0.05) is 5.92 Å². The lowest BCUT2D eigenvalue weighted by atomic mass is 9.82. The summed E-state index contributed by atoms with van der Waals surface area (Å²) in [5.41, 5.74) is 0.164. The van der Waals surface area contributed by atoms with Crippen molar-refractivity contribution in [1.82, 2.24) is 0 Å². The number of allylic oxidation sites excluding steroid dienone is 1. The summed E-state index contributed by atoms with van der Waals surface area (Å²) in [6.07, 6.45) is 14.7. The number of benzene rings is 1. The summed E-state index contributed by atoms with van der Waals surface area (Å²) in [6, 6.07) is 10.4. The third kappa shape index (κ3) is 4.69. The lowest BCUT2D eigenvalue weighted by molar-refractivity contribution is 0.0733. The fourth-order valence-corrected chi connectivity index (χ4v) is 5.57. The number of aliphatic hydroxyl groups is 1. The second kappa shape index (κ2) is 8.29. The van der Waals surface area contributed by atoms with E-state index in [-0.39, 0.29) is 17.1 Å². The van der Waals surface area contributed by atoms with E-state index in [4.69, 9.17) is 4.43 Å². The summed E-state index contributed by atoms with van der Waals surface area (Å²) < 4.78 is 6.76. The molecular formula is C25H38O2Si. The first kappa shape index (κ1) is 21.5. The van der Waals surface area contributed by atoms with Crippen LogP contribution in [0.1, 0.15) is 64.4 Å². The lowest BCUT2D eigenvalue weighted by Crippen LogP contribution is -2.46. The van der Waals surface area contributed by atoms with Crippen LogP contribution < -0.4 is 0 Å². The normalized spacial score (nSPS) is 29.2. The molecule has 1 aromatic rings. The van der Waals surface area contributed by atoms with Gasteiger partial charge in [0.15, 0.2) is 8.32 Å². The van der Waals surface area contributed by atoms with Crippen molar-refractivity contribution in [2.45, 2.75) is 88.6 Å². The maximum Gasteiger partial charge on any atom is 0.192 e. The molecule has 2 nitrogen and oxygen atoms in total. The second-order valence-electron chi connectivity index (χ2n) is 10.3. The quantitative estimate of drug-likeness (QED) is 0.432. The van der Waals surface area contributed by atoms with Gasteiger partial charge in [-0.15, -0.1) is 0 Å². The molecule has 28 heavy (non-hydrogen) atoms. The van der Waals surface area contributed by atoms with Gasteiger partial charge in [-0.3, -0.25) is 0 Å². The highest BCUT2D eigenvalue weighted by Crippen LogP contribution is 2.45. The average Bonchev–Trinajstić information content (AvgIpc) is 3.23. The van der Waals surface area contributed by atoms with Crippen LogP contribution in [-0.2, 0) is 4.43 Å². The largest absolute Gasteiger partial charge is 0.410 e. The number of hydrogen-bond acceptors (Lipinski definition) is 2. The molecule has 0 bridgehead atoms. The van der Waals surface area contributed by atoms with Crippen LogP contribution in [0.4, 0.5) is 0 Å².